The number of amides is 1. The van der Waals surface area contributed by atoms with Crippen LogP contribution in [0.25, 0.3) is 0 Å². The van der Waals surface area contributed by atoms with Crippen LogP contribution in [0.3, 0.4) is 0 Å². The summed E-state index contributed by atoms with van der Waals surface area (Å²) in [7, 11) is 1.41. The molecule has 0 spiro atoms. The molecule has 1 rings (SSSR count). The summed E-state index contributed by atoms with van der Waals surface area (Å²) in [5.41, 5.74) is 0.00955. The Bertz CT molecular complexity index is 549. The lowest BCUT2D eigenvalue weighted by atomic mass is 10.0. The molecule has 3 N–H and O–H groups in total. The Morgan fingerprint density at radius 3 is 2.45 bits per heavy atom. The molecule has 22 heavy (non-hydrogen) atoms. The van der Waals surface area contributed by atoms with Gasteiger partial charge in [0.25, 0.3) is 0 Å². The van der Waals surface area contributed by atoms with Crippen LogP contribution in [0.5, 0.6) is 5.75 Å². The molecular formula is C15H21NO6. The molecule has 122 valence electrons. The Labute approximate surface area is 128 Å². The Hall–Kier alpha value is -2.28. The average Bonchev–Trinajstić information content (AvgIpc) is 2.35. The highest BCUT2D eigenvalue weighted by atomic mass is 16.6. The Kier molecular flexibility index (Phi) is 5.76. The van der Waals surface area contributed by atoms with Gasteiger partial charge in [-0.3, -0.25) is 10.1 Å². The molecule has 0 saturated carbocycles. The maximum atomic E-state index is 11.7. The van der Waals surface area contributed by atoms with E-state index in [0.717, 1.165) is 0 Å². The minimum Gasteiger partial charge on any atom is -0.496 e. The number of ether oxygens (including phenoxy) is 2. The van der Waals surface area contributed by atoms with Crippen LogP contribution in [0.2, 0.25) is 0 Å². The molecule has 0 aromatic heterocycles. The van der Waals surface area contributed by atoms with Gasteiger partial charge in [-0.15, -0.1) is 0 Å². The number of nitrogens with one attached hydrogen (secondary N) is 1. The molecule has 0 aliphatic heterocycles. The lowest BCUT2D eigenvalue weighted by Crippen LogP contribution is -2.27. The first kappa shape index (κ1) is 17.8. The molecule has 0 aliphatic rings. The Balaban J connectivity index is 2.94. The van der Waals surface area contributed by atoms with Gasteiger partial charge >= 0.3 is 12.1 Å². The van der Waals surface area contributed by atoms with Gasteiger partial charge in [0, 0.05) is 11.3 Å². The van der Waals surface area contributed by atoms with Gasteiger partial charge in [0.15, 0.2) is 0 Å². The fourth-order valence-corrected chi connectivity index (χ4v) is 1.77. The molecule has 0 heterocycles. The van der Waals surface area contributed by atoms with Crippen molar-refractivity contribution in [3.8, 4) is 5.75 Å². The molecule has 1 unspecified atom stereocenters. The van der Waals surface area contributed by atoms with Crippen molar-refractivity contribution in [2.24, 2.45) is 0 Å². The van der Waals surface area contributed by atoms with E-state index >= 15 is 0 Å². The summed E-state index contributed by atoms with van der Waals surface area (Å²) in [4.78, 5) is 22.4. The third kappa shape index (κ3) is 5.61. The second-order valence-corrected chi connectivity index (χ2v) is 5.70. The summed E-state index contributed by atoms with van der Waals surface area (Å²) >= 11 is 0. The quantitative estimate of drug-likeness (QED) is 0.772. The number of aliphatic carboxylic acids is 1. The highest BCUT2D eigenvalue weighted by Gasteiger charge is 2.19. The van der Waals surface area contributed by atoms with Gasteiger partial charge in [-0.05, 0) is 39.0 Å². The van der Waals surface area contributed by atoms with Gasteiger partial charge in [-0.1, -0.05) is 0 Å². The van der Waals surface area contributed by atoms with Crippen molar-refractivity contribution in [1.82, 2.24) is 0 Å². The number of hydrogen-bond donors (Lipinski definition) is 3. The number of anilines is 1. The van der Waals surface area contributed by atoms with Gasteiger partial charge in [0.05, 0.1) is 19.6 Å². The van der Waals surface area contributed by atoms with E-state index in [0.29, 0.717) is 11.4 Å². The van der Waals surface area contributed by atoms with Crippen LogP contribution < -0.4 is 10.1 Å². The minimum atomic E-state index is -1.24. The third-order valence-electron chi connectivity index (χ3n) is 2.60. The molecule has 0 saturated heterocycles. The van der Waals surface area contributed by atoms with E-state index in [1.54, 1.807) is 26.8 Å². The van der Waals surface area contributed by atoms with Crippen LogP contribution in [0.15, 0.2) is 18.2 Å². The van der Waals surface area contributed by atoms with Gasteiger partial charge in [-0.2, -0.15) is 0 Å². The molecule has 0 aliphatic carbocycles. The predicted octanol–water partition coefficient (Wildman–Crippen LogP) is 2.55. The number of methoxy groups -OCH3 is 1. The summed E-state index contributed by atoms with van der Waals surface area (Å²) < 4.78 is 10.2. The Morgan fingerprint density at radius 2 is 1.95 bits per heavy atom. The molecule has 1 amide bonds. The summed E-state index contributed by atoms with van der Waals surface area (Å²) in [5, 5.41) is 21.2. The number of aliphatic hydroxyl groups excluding tert-OH is 1. The van der Waals surface area contributed by atoms with E-state index < -0.39 is 30.2 Å². The largest absolute Gasteiger partial charge is 0.496 e. The number of carboxylic acids is 1. The van der Waals surface area contributed by atoms with Gasteiger partial charge in [0.1, 0.15) is 11.4 Å². The van der Waals surface area contributed by atoms with Crippen LogP contribution in [-0.4, -0.2) is 35.0 Å². The van der Waals surface area contributed by atoms with E-state index in [1.165, 1.54) is 19.2 Å². The number of hydrogen-bond acceptors (Lipinski definition) is 5. The maximum absolute atomic E-state index is 11.7. The third-order valence-corrected chi connectivity index (χ3v) is 2.60. The highest BCUT2D eigenvalue weighted by molar-refractivity contribution is 5.85. The van der Waals surface area contributed by atoms with E-state index in [9.17, 15) is 14.7 Å². The molecule has 0 radical (unpaired) electrons. The lowest BCUT2D eigenvalue weighted by molar-refractivity contribution is -0.139. The summed E-state index contributed by atoms with van der Waals surface area (Å²) in [6.45, 7) is 5.22. The van der Waals surface area contributed by atoms with Crippen LogP contribution in [-0.2, 0) is 9.53 Å². The molecule has 7 heteroatoms. The molecule has 7 nitrogen and oxygen atoms in total. The van der Waals surface area contributed by atoms with Crippen molar-refractivity contribution >= 4 is 17.7 Å². The average molecular weight is 311 g/mol. The zero-order valence-electron chi connectivity index (χ0n) is 13.0. The number of rotatable bonds is 5. The molecule has 0 fully saturated rings. The highest BCUT2D eigenvalue weighted by Crippen LogP contribution is 2.30. The molecular weight excluding hydrogens is 290 g/mol. The SMILES string of the molecule is COc1ccc(NC(=O)OC(C)(C)C)cc1C(O)CC(=O)O. The van der Waals surface area contributed by atoms with E-state index in [2.05, 4.69) is 5.32 Å². The van der Waals surface area contributed by atoms with Gasteiger partial charge < -0.3 is 19.7 Å². The summed E-state index contributed by atoms with van der Waals surface area (Å²) in [5.74, 6) is -0.802. The first-order valence-electron chi connectivity index (χ1n) is 6.70. The standard InChI is InChI=1S/C15H21NO6/c1-15(2,3)22-14(20)16-9-5-6-12(21-4)10(7-9)11(17)8-13(18)19/h5-7,11,17H,8H2,1-4H3,(H,16,20)(H,18,19). The van der Waals surface area contributed by atoms with Crippen LogP contribution in [0.4, 0.5) is 10.5 Å². The van der Waals surface area contributed by atoms with Crippen LogP contribution in [0.1, 0.15) is 38.9 Å². The van der Waals surface area contributed by atoms with E-state index in [4.69, 9.17) is 14.6 Å². The van der Waals surface area contributed by atoms with Crippen molar-refractivity contribution in [1.29, 1.82) is 0 Å². The number of benzene rings is 1. The summed E-state index contributed by atoms with van der Waals surface area (Å²) in [6.07, 6.45) is -2.35. The van der Waals surface area contributed by atoms with Crippen LogP contribution in [0, 0.1) is 0 Å². The molecule has 1 aromatic carbocycles. The first-order valence-corrected chi connectivity index (χ1v) is 6.70. The van der Waals surface area contributed by atoms with Crippen molar-refractivity contribution in [3.63, 3.8) is 0 Å². The van der Waals surface area contributed by atoms with Crippen molar-refractivity contribution < 1.29 is 29.3 Å². The predicted molar refractivity (Wildman–Crippen MR) is 80.1 cm³/mol. The number of carbonyl (C=O) groups excluding carboxylic acids is 1. The smallest absolute Gasteiger partial charge is 0.412 e. The fourth-order valence-electron chi connectivity index (χ4n) is 1.77. The molecule has 0 bridgehead atoms. The van der Waals surface area contributed by atoms with Gasteiger partial charge in [-0.25, -0.2) is 4.79 Å². The second-order valence-electron chi connectivity index (χ2n) is 5.70. The molecule has 1 aromatic rings. The summed E-state index contributed by atoms with van der Waals surface area (Å²) in [6, 6.07) is 4.56. The molecule has 1 atom stereocenters. The minimum absolute atomic E-state index is 0.276. The number of aliphatic hydroxyl groups is 1. The van der Waals surface area contributed by atoms with Gasteiger partial charge in [0.2, 0.25) is 0 Å². The zero-order chi connectivity index (χ0) is 16.9. The fraction of sp³-hybridized carbons (Fsp3) is 0.467. The van der Waals surface area contributed by atoms with Crippen molar-refractivity contribution in [2.75, 3.05) is 12.4 Å². The van der Waals surface area contributed by atoms with E-state index in [-0.39, 0.29) is 5.56 Å². The topological polar surface area (TPSA) is 105 Å². The van der Waals surface area contributed by atoms with Crippen molar-refractivity contribution in [2.45, 2.75) is 38.9 Å². The monoisotopic (exact) mass is 311 g/mol. The maximum Gasteiger partial charge on any atom is 0.412 e. The lowest BCUT2D eigenvalue weighted by Gasteiger charge is -2.20. The second kappa shape index (κ2) is 7.13. The zero-order valence-corrected chi connectivity index (χ0v) is 13.0. The number of carbonyl (C=O) groups is 2. The van der Waals surface area contributed by atoms with Crippen molar-refractivity contribution in [3.05, 3.63) is 23.8 Å². The number of carboxylic acid groups (broad SMARTS) is 1. The van der Waals surface area contributed by atoms with E-state index in [1.807, 2.05) is 0 Å². The normalized spacial score (nSPS) is 12.4. The van der Waals surface area contributed by atoms with Crippen LogP contribution >= 0.6 is 0 Å². The first-order chi connectivity index (χ1) is 10.1. The Morgan fingerprint density at radius 1 is 1.32 bits per heavy atom.